The number of carbonyl (C=O) groups excluding carboxylic acids is 1. The Bertz CT molecular complexity index is 915. The fourth-order valence-corrected chi connectivity index (χ4v) is 4.07. The van der Waals surface area contributed by atoms with E-state index in [9.17, 15) is 4.79 Å². The molecule has 1 aliphatic heterocycles. The molecule has 1 unspecified atom stereocenters. The summed E-state index contributed by atoms with van der Waals surface area (Å²) in [5.74, 6) is 0.0605. The van der Waals surface area contributed by atoms with Crippen LogP contribution >= 0.6 is 0 Å². The SMILES string of the molecule is CC1CCCCN1CCNC(=O)Cc1coc2ccc3ccccc3c12. The molecule has 1 saturated heterocycles. The summed E-state index contributed by atoms with van der Waals surface area (Å²) in [4.78, 5) is 14.9. The second-order valence-corrected chi connectivity index (χ2v) is 7.33. The molecule has 0 aliphatic carbocycles. The van der Waals surface area contributed by atoms with Gasteiger partial charge in [-0.05, 0) is 43.1 Å². The monoisotopic (exact) mass is 350 g/mol. The first kappa shape index (κ1) is 17.1. The highest BCUT2D eigenvalue weighted by atomic mass is 16.3. The van der Waals surface area contributed by atoms with E-state index < -0.39 is 0 Å². The Morgan fingerprint density at radius 2 is 2.12 bits per heavy atom. The number of fused-ring (bicyclic) bond motifs is 3. The number of hydrogen-bond acceptors (Lipinski definition) is 3. The minimum absolute atomic E-state index is 0.0605. The summed E-state index contributed by atoms with van der Waals surface area (Å²) in [5, 5.41) is 6.45. The van der Waals surface area contributed by atoms with E-state index in [0.717, 1.165) is 35.0 Å². The van der Waals surface area contributed by atoms with Crippen molar-refractivity contribution in [1.29, 1.82) is 0 Å². The van der Waals surface area contributed by atoms with Crippen molar-refractivity contribution in [3.63, 3.8) is 0 Å². The van der Waals surface area contributed by atoms with E-state index in [1.54, 1.807) is 6.26 Å². The number of amides is 1. The zero-order chi connectivity index (χ0) is 17.9. The van der Waals surface area contributed by atoms with Crippen molar-refractivity contribution in [3.05, 3.63) is 48.2 Å². The fourth-order valence-electron chi connectivity index (χ4n) is 4.07. The van der Waals surface area contributed by atoms with Gasteiger partial charge in [-0.3, -0.25) is 9.69 Å². The zero-order valence-electron chi connectivity index (χ0n) is 15.3. The number of likely N-dealkylation sites (tertiary alicyclic amines) is 1. The van der Waals surface area contributed by atoms with Crippen molar-refractivity contribution in [2.24, 2.45) is 0 Å². The van der Waals surface area contributed by atoms with Crippen molar-refractivity contribution in [2.45, 2.75) is 38.6 Å². The number of hydrogen-bond donors (Lipinski definition) is 1. The van der Waals surface area contributed by atoms with E-state index in [1.165, 1.54) is 24.6 Å². The van der Waals surface area contributed by atoms with Crippen molar-refractivity contribution in [2.75, 3.05) is 19.6 Å². The molecule has 1 fully saturated rings. The van der Waals surface area contributed by atoms with Crippen LogP contribution in [0.2, 0.25) is 0 Å². The maximum absolute atomic E-state index is 12.4. The van der Waals surface area contributed by atoms with Gasteiger partial charge in [-0.25, -0.2) is 0 Å². The van der Waals surface area contributed by atoms with E-state index in [1.807, 2.05) is 18.2 Å². The molecule has 0 saturated carbocycles. The van der Waals surface area contributed by atoms with E-state index in [0.29, 0.717) is 19.0 Å². The van der Waals surface area contributed by atoms with Gasteiger partial charge < -0.3 is 9.73 Å². The van der Waals surface area contributed by atoms with Gasteiger partial charge in [0.1, 0.15) is 5.58 Å². The molecule has 1 atom stereocenters. The van der Waals surface area contributed by atoms with Crippen molar-refractivity contribution in [1.82, 2.24) is 10.2 Å². The highest BCUT2D eigenvalue weighted by Gasteiger charge is 2.18. The molecule has 4 rings (SSSR count). The Hall–Kier alpha value is -2.33. The Kier molecular flexibility index (Phi) is 4.93. The first-order valence-corrected chi connectivity index (χ1v) is 9.61. The van der Waals surface area contributed by atoms with Crippen molar-refractivity contribution in [3.8, 4) is 0 Å². The third-order valence-electron chi connectivity index (χ3n) is 5.55. The van der Waals surface area contributed by atoms with Crippen LogP contribution in [0.1, 0.15) is 31.7 Å². The van der Waals surface area contributed by atoms with Gasteiger partial charge in [0.2, 0.25) is 5.91 Å². The van der Waals surface area contributed by atoms with Gasteiger partial charge in [-0.1, -0.05) is 36.8 Å². The summed E-state index contributed by atoms with van der Waals surface area (Å²) < 4.78 is 5.68. The van der Waals surface area contributed by atoms with Crippen LogP contribution in [0.4, 0.5) is 0 Å². The van der Waals surface area contributed by atoms with Crippen LogP contribution in [0, 0.1) is 0 Å². The molecule has 26 heavy (non-hydrogen) atoms. The van der Waals surface area contributed by atoms with Crippen LogP contribution in [0.3, 0.4) is 0 Å². The van der Waals surface area contributed by atoms with Gasteiger partial charge in [-0.15, -0.1) is 0 Å². The van der Waals surface area contributed by atoms with Crippen molar-refractivity contribution >= 4 is 27.6 Å². The lowest BCUT2D eigenvalue weighted by Crippen LogP contribution is -2.42. The highest BCUT2D eigenvalue weighted by Crippen LogP contribution is 2.30. The molecule has 136 valence electrons. The van der Waals surface area contributed by atoms with Crippen LogP contribution in [0.15, 0.2) is 47.1 Å². The number of rotatable bonds is 5. The van der Waals surface area contributed by atoms with E-state index in [2.05, 4.69) is 35.3 Å². The molecule has 1 aliphatic rings. The highest BCUT2D eigenvalue weighted by molar-refractivity contribution is 6.08. The predicted molar refractivity (Wildman–Crippen MR) is 105 cm³/mol. The summed E-state index contributed by atoms with van der Waals surface area (Å²) >= 11 is 0. The van der Waals surface area contributed by atoms with Gasteiger partial charge in [0.15, 0.2) is 0 Å². The molecule has 0 bridgehead atoms. The predicted octanol–water partition coefficient (Wildman–Crippen LogP) is 4.12. The lowest BCUT2D eigenvalue weighted by molar-refractivity contribution is -0.120. The maximum Gasteiger partial charge on any atom is 0.224 e. The number of nitrogens with zero attached hydrogens (tertiary/aromatic N) is 1. The first-order chi connectivity index (χ1) is 12.7. The summed E-state index contributed by atoms with van der Waals surface area (Å²) in [7, 11) is 0. The average molecular weight is 350 g/mol. The molecular weight excluding hydrogens is 324 g/mol. The number of nitrogens with one attached hydrogen (secondary N) is 1. The number of benzene rings is 2. The lowest BCUT2D eigenvalue weighted by atomic mass is 10.0. The molecule has 4 nitrogen and oxygen atoms in total. The topological polar surface area (TPSA) is 45.5 Å². The van der Waals surface area contributed by atoms with Gasteiger partial charge in [0.05, 0.1) is 12.7 Å². The van der Waals surface area contributed by atoms with Crippen molar-refractivity contribution < 1.29 is 9.21 Å². The van der Waals surface area contributed by atoms with E-state index >= 15 is 0 Å². The summed E-state index contributed by atoms with van der Waals surface area (Å²) in [5.41, 5.74) is 1.80. The van der Waals surface area contributed by atoms with E-state index in [-0.39, 0.29) is 5.91 Å². The Labute approximate surface area is 154 Å². The molecule has 1 N–H and O–H groups in total. The fraction of sp³-hybridized carbons (Fsp3) is 0.409. The molecule has 0 spiro atoms. The van der Waals surface area contributed by atoms with Gasteiger partial charge >= 0.3 is 0 Å². The van der Waals surface area contributed by atoms with Crippen LogP contribution in [-0.4, -0.2) is 36.5 Å². The molecule has 0 radical (unpaired) electrons. The van der Waals surface area contributed by atoms with Crippen LogP contribution in [0.25, 0.3) is 21.7 Å². The molecule has 2 heterocycles. The third-order valence-corrected chi connectivity index (χ3v) is 5.55. The largest absolute Gasteiger partial charge is 0.464 e. The quantitative estimate of drug-likeness (QED) is 0.753. The van der Waals surface area contributed by atoms with Gasteiger partial charge in [-0.2, -0.15) is 0 Å². The Balaban J connectivity index is 1.42. The van der Waals surface area contributed by atoms with Crippen LogP contribution < -0.4 is 5.32 Å². The second kappa shape index (κ2) is 7.50. The summed E-state index contributed by atoms with van der Waals surface area (Å²) in [6.07, 6.45) is 5.94. The number of piperidine rings is 1. The smallest absolute Gasteiger partial charge is 0.224 e. The van der Waals surface area contributed by atoms with Crippen LogP contribution in [-0.2, 0) is 11.2 Å². The molecule has 2 aromatic carbocycles. The molecule has 3 aromatic rings. The molecule has 1 aromatic heterocycles. The third kappa shape index (κ3) is 3.47. The first-order valence-electron chi connectivity index (χ1n) is 9.61. The minimum Gasteiger partial charge on any atom is -0.464 e. The van der Waals surface area contributed by atoms with Gasteiger partial charge in [0, 0.05) is 30.1 Å². The average Bonchev–Trinajstić information content (AvgIpc) is 3.06. The zero-order valence-corrected chi connectivity index (χ0v) is 15.3. The maximum atomic E-state index is 12.4. The lowest BCUT2D eigenvalue weighted by Gasteiger charge is -2.33. The summed E-state index contributed by atoms with van der Waals surface area (Å²) in [6, 6.07) is 12.9. The normalized spacial score (nSPS) is 18.4. The number of furan rings is 1. The Morgan fingerprint density at radius 3 is 3.00 bits per heavy atom. The Morgan fingerprint density at radius 1 is 1.23 bits per heavy atom. The molecular formula is C22H26N2O2. The van der Waals surface area contributed by atoms with Crippen LogP contribution in [0.5, 0.6) is 0 Å². The standard InChI is InChI=1S/C22H26N2O2/c1-16-6-4-5-12-24(16)13-11-23-21(25)14-18-15-26-20-10-9-17-7-2-3-8-19(17)22(18)20/h2-3,7-10,15-16H,4-6,11-14H2,1H3,(H,23,25). The number of carbonyl (C=O) groups is 1. The minimum atomic E-state index is 0.0605. The second-order valence-electron chi connectivity index (χ2n) is 7.33. The van der Waals surface area contributed by atoms with Gasteiger partial charge in [0.25, 0.3) is 0 Å². The molecule has 4 heteroatoms. The summed E-state index contributed by atoms with van der Waals surface area (Å²) in [6.45, 7) is 5.07. The molecule has 1 amide bonds. The van der Waals surface area contributed by atoms with E-state index in [4.69, 9.17) is 4.42 Å².